The molecule has 0 unspecified atom stereocenters. The van der Waals surface area contributed by atoms with Crippen molar-refractivity contribution in [2.45, 2.75) is 45.9 Å². The maximum Gasteiger partial charge on any atom is 0.258 e. The number of amides is 1. The number of para-hydroxylation sites is 1. The fourth-order valence-corrected chi connectivity index (χ4v) is 3.99. The number of rotatable bonds is 7. The van der Waals surface area contributed by atoms with Gasteiger partial charge in [-0.25, -0.2) is 4.98 Å². The SMILES string of the molecule is CCOc1ccccc1C(=O)N1C[C@@H](OCc2cccc(C)c2)C[C@H]1c1n[nH]c(C)n1. The molecular weight excluding hydrogens is 392 g/mol. The van der Waals surface area contributed by atoms with Crippen molar-refractivity contribution >= 4 is 5.91 Å². The van der Waals surface area contributed by atoms with Gasteiger partial charge in [-0.2, -0.15) is 5.10 Å². The normalized spacial score (nSPS) is 18.4. The largest absolute Gasteiger partial charge is 0.493 e. The highest BCUT2D eigenvalue weighted by atomic mass is 16.5. The zero-order valence-corrected chi connectivity index (χ0v) is 18.2. The summed E-state index contributed by atoms with van der Waals surface area (Å²) in [6.45, 7) is 7.30. The van der Waals surface area contributed by atoms with E-state index in [0.29, 0.717) is 43.3 Å². The molecule has 0 aliphatic carbocycles. The Kier molecular flexibility index (Phi) is 6.32. The minimum absolute atomic E-state index is 0.0989. The molecule has 0 saturated carbocycles. The van der Waals surface area contributed by atoms with Crippen LogP contribution in [0.5, 0.6) is 5.75 Å². The van der Waals surface area contributed by atoms with E-state index >= 15 is 0 Å². The number of hydrogen-bond acceptors (Lipinski definition) is 5. The molecule has 0 spiro atoms. The number of nitrogens with zero attached hydrogens (tertiary/aromatic N) is 3. The van der Waals surface area contributed by atoms with Gasteiger partial charge in [-0.1, -0.05) is 42.0 Å². The van der Waals surface area contributed by atoms with Crippen molar-refractivity contribution in [2.24, 2.45) is 0 Å². The van der Waals surface area contributed by atoms with E-state index < -0.39 is 0 Å². The van der Waals surface area contributed by atoms with Crippen molar-refractivity contribution in [1.29, 1.82) is 0 Å². The maximum atomic E-state index is 13.5. The topological polar surface area (TPSA) is 80.3 Å². The van der Waals surface area contributed by atoms with Crippen LogP contribution in [0.4, 0.5) is 0 Å². The fourth-order valence-electron chi connectivity index (χ4n) is 3.99. The number of aryl methyl sites for hydroxylation is 2. The molecule has 31 heavy (non-hydrogen) atoms. The lowest BCUT2D eigenvalue weighted by Gasteiger charge is -2.23. The molecule has 2 aromatic carbocycles. The fraction of sp³-hybridized carbons (Fsp3) is 0.375. The first-order chi connectivity index (χ1) is 15.0. The lowest BCUT2D eigenvalue weighted by atomic mass is 10.1. The van der Waals surface area contributed by atoms with Crippen molar-refractivity contribution < 1.29 is 14.3 Å². The molecule has 1 aliphatic heterocycles. The summed E-state index contributed by atoms with van der Waals surface area (Å²) in [4.78, 5) is 19.8. The van der Waals surface area contributed by atoms with Crippen molar-refractivity contribution in [1.82, 2.24) is 20.1 Å². The van der Waals surface area contributed by atoms with E-state index in [1.54, 1.807) is 11.0 Å². The number of carbonyl (C=O) groups excluding carboxylic acids is 1. The average molecular weight is 421 g/mol. The summed E-state index contributed by atoms with van der Waals surface area (Å²) < 4.78 is 11.9. The molecule has 2 atom stereocenters. The second-order valence-corrected chi connectivity index (χ2v) is 7.84. The molecule has 3 aromatic rings. The first kappa shape index (κ1) is 21.1. The molecule has 1 aromatic heterocycles. The summed E-state index contributed by atoms with van der Waals surface area (Å²) in [7, 11) is 0. The van der Waals surface area contributed by atoms with Gasteiger partial charge in [-0.3, -0.25) is 9.89 Å². The second-order valence-electron chi connectivity index (χ2n) is 7.84. The van der Waals surface area contributed by atoms with Gasteiger partial charge >= 0.3 is 0 Å². The molecule has 1 fully saturated rings. The van der Waals surface area contributed by atoms with Crippen LogP contribution in [0, 0.1) is 13.8 Å². The van der Waals surface area contributed by atoms with Crippen LogP contribution >= 0.6 is 0 Å². The standard InChI is InChI=1S/C24H28N4O3/c1-4-30-22-11-6-5-10-20(22)24(29)28-14-19(13-21(28)23-25-17(3)26-27-23)31-15-18-9-7-8-16(2)12-18/h5-12,19,21H,4,13-15H2,1-3H3,(H,25,26,27)/t19-,21-/m0/s1. The molecule has 1 N–H and O–H groups in total. The van der Waals surface area contributed by atoms with Crippen LogP contribution in [-0.2, 0) is 11.3 Å². The quantitative estimate of drug-likeness (QED) is 0.625. The van der Waals surface area contributed by atoms with Crippen LogP contribution in [-0.4, -0.2) is 45.2 Å². The van der Waals surface area contributed by atoms with Gasteiger partial charge in [0.05, 0.1) is 30.9 Å². The van der Waals surface area contributed by atoms with Gasteiger partial charge in [-0.15, -0.1) is 0 Å². The van der Waals surface area contributed by atoms with Crippen LogP contribution in [0.15, 0.2) is 48.5 Å². The molecule has 2 heterocycles. The van der Waals surface area contributed by atoms with Crippen LogP contribution in [0.1, 0.15) is 52.5 Å². The summed E-state index contributed by atoms with van der Waals surface area (Å²) >= 11 is 0. The number of ether oxygens (including phenoxy) is 2. The number of aromatic nitrogens is 3. The number of carbonyl (C=O) groups is 1. The summed E-state index contributed by atoms with van der Waals surface area (Å²) in [6, 6.07) is 15.4. The van der Waals surface area contributed by atoms with Gasteiger partial charge in [0.1, 0.15) is 11.6 Å². The summed E-state index contributed by atoms with van der Waals surface area (Å²) in [6.07, 6.45) is 0.540. The van der Waals surface area contributed by atoms with Crippen LogP contribution in [0.3, 0.4) is 0 Å². The Balaban J connectivity index is 1.56. The maximum absolute atomic E-state index is 13.5. The van der Waals surface area contributed by atoms with Crippen molar-refractivity contribution in [3.8, 4) is 5.75 Å². The molecule has 162 valence electrons. The van der Waals surface area contributed by atoms with E-state index in [1.165, 1.54) is 5.56 Å². The lowest BCUT2D eigenvalue weighted by molar-refractivity contribution is 0.0436. The predicted molar refractivity (Wildman–Crippen MR) is 117 cm³/mol. The molecule has 0 bridgehead atoms. The van der Waals surface area contributed by atoms with E-state index in [2.05, 4.69) is 40.3 Å². The van der Waals surface area contributed by atoms with Gasteiger partial charge in [0.15, 0.2) is 5.82 Å². The number of hydrogen-bond donors (Lipinski definition) is 1. The van der Waals surface area contributed by atoms with Crippen LogP contribution in [0.2, 0.25) is 0 Å². The number of H-pyrrole nitrogens is 1. The number of likely N-dealkylation sites (tertiary alicyclic amines) is 1. The molecule has 1 aliphatic rings. The molecule has 1 amide bonds. The van der Waals surface area contributed by atoms with Crippen LogP contribution in [0.25, 0.3) is 0 Å². The Morgan fingerprint density at radius 2 is 2.03 bits per heavy atom. The second kappa shape index (κ2) is 9.31. The van der Waals surface area contributed by atoms with E-state index in [-0.39, 0.29) is 18.1 Å². The Labute approximate surface area is 182 Å². The average Bonchev–Trinajstić information content (AvgIpc) is 3.39. The summed E-state index contributed by atoms with van der Waals surface area (Å²) in [5.41, 5.74) is 2.86. The van der Waals surface area contributed by atoms with E-state index in [1.807, 2.05) is 38.1 Å². The number of aromatic amines is 1. The zero-order valence-electron chi connectivity index (χ0n) is 18.2. The molecule has 0 radical (unpaired) electrons. The van der Waals surface area contributed by atoms with Crippen LogP contribution < -0.4 is 4.74 Å². The summed E-state index contributed by atoms with van der Waals surface area (Å²) in [5, 5.41) is 7.22. The predicted octanol–water partition coefficient (Wildman–Crippen LogP) is 3.99. The minimum Gasteiger partial charge on any atom is -0.493 e. The Bertz CT molecular complexity index is 1050. The van der Waals surface area contributed by atoms with E-state index in [9.17, 15) is 4.79 Å². The summed E-state index contributed by atoms with van der Waals surface area (Å²) in [5.74, 6) is 1.82. The van der Waals surface area contributed by atoms with E-state index in [0.717, 1.165) is 11.4 Å². The first-order valence-electron chi connectivity index (χ1n) is 10.6. The lowest BCUT2D eigenvalue weighted by Crippen LogP contribution is -2.33. The van der Waals surface area contributed by atoms with E-state index in [4.69, 9.17) is 9.47 Å². The van der Waals surface area contributed by atoms with Gasteiger partial charge < -0.3 is 14.4 Å². The molecular formula is C24H28N4O3. The van der Waals surface area contributed by atoms with Crippen molar-refractivity contribution in [3.63, 3.8) is 0 Å². The highest BCUT2D eigenvalue weighted by Crippen LogP contribution is 2.35. The monoisotopic (exact) mass is 420 g/mol. The first-order valence-corrected chi connectivity index (χ1v) is 10.6. The van der Waals surface area contributed by atoms with Crippen molar-refractivity contribution in [2.75, 3.05) is 13.2 Å². The Hall–Kier alpha value is -3.19. The van der Waals surface area contributed by atoms with Gasteiger partial charge in [0.2, 0.25) is 0 Å². The zero-order chi connectivity index (χ0) is 21.8. The van der Waals surface area contributed by atoms with Gasteiger partial charge in [0.25, 0.3) is 5.91 Å². The van der Waals surface area contributed by atoms with Gasteiger partial charge in [-0.05, 0) is 38.5 Å². The highest BCUT2D eigenvalue weighted by Gasteiger charge is 2.40. The number of benzene rings is 2. The van der Waals surface area contributed by atoms with Crippen molar-refractivity contribution in [3.05, 3.63) is 76.9 Å². The molecule has 4 rings (SSSR count). The minimum atomic E-state index is -0.255. The molecule has 7 nitrogen and oxygen atoms in total. The Morgan fingerprint density at radius 1 is 1.19 bits per heavy atom. The Morgan fingerprint density at radius 3 is 2.77 bits per heavy atom. The molecule has 7 heteroatoms. The number of nitrogens with one attached hydrogen (secondary N) is 1. The van der Waals surface area contributed by atoms with Gasteiger partial charge in [0, 0.05) is 13.0 Å². The third-order valence-corrected chi connectivity index (χ3v) is 5.42. The smallest absolute Gasteiger partial charge is 0.258 e. The molecule has 1 saturated heterocycles. The highest BCUT2D eigenvalue weighted by molar-refractivity contribution is 5.97. The third-order valence-electron chi connectivity index (χ3n) is 5.42. The third kappa shape index (κ3) is 4.77.